The molecule has 5 nitrogen and oxygen atoms in total. The Balaban J connectivity index is 4.03. The van der Waals surface area contributed by atoms with Crippen LogP contribution in [0.5, 0.6) is 0 Å². The highest BCUT2D eigenvalue weighted by Gasteiger charge is 2.16. The smallest absolute Gasteiger partial charge is 0.326 e. The minimum Gasteiger partial charge on any atom is -0.480 e. The first-order valence-electron chi connectivity index (χ1n) is 3.45. The van der Waals surface area contributed by atoms with Crippen molar-refractivity contribution in [3.8, 4) is 0 Å². The molecule has 4 N–H and O–H groups in total. The molecule has 0 aromatic rings. The van der Waals surface area contributed by atoms with Gasteiger partial charge in [-0.15, -0.1) is 6.58 Å². The summed E-state index contributed by atoms with van der Waals surface area (Å²) in [5.41, 5.74) is 4.99. The van der Waals surface area contributed by atoms with Crippen molar-refractivity contribution in [1.29, 1.82) is 0 Å². The summed E-state index contributed by atoms with van der Waals surface area (Å²) in [5.74, 6) is -1.57. The SMILES string of the molecule is C=CCC(NC(=O)CN)C(=O)O. The maximum absolute atomic E-state index is 10.7. The van der Waals surface area contributed by atoms with Crippen molar-refractivity contribution < 1.29 is 14.7 Å². The lowest BCUT2D eigenvalue weighted by molar-refractivity contribution is -0.141. The van der Waals surface area contributed by atoms with E-state index in [1.165, 1.54) is 6.08 Å². The highest BCUT2D eigenvalue weighted by atomic mass is 16.4. The molecule has 0 fully saturated rings. The van der Waals surface area contributed by atoms with Gasteiger partial charge in [-0.3, -0.25) is 4.79 Å². The molecule has 1 amide bonds. The Bertz CT molecular complexity index is 191. The number of hydrogen-bond donors (Lipinski definition) is 3. The van der Waals surface area contributed by atoms with Crippen LogP contribution in [0.3, 0.4) is 0 Å². The molecule has 0 aliphatic heterocycles. The van der Waals surface area contributed by atoms with E-state index >= 15 is 0 Å². The zero-order valence-corrected chi connectivity index (χ0v) is 6.62. The Hall–Kier alpha value is -1.36. The molecule has 0 aliphatic carbocycles. The Morgan fingerprint density at radius 3 is 2.58 bits per heavy atom. The van der Waals surface area contributed by atoms with Gasteiger partial charge in [0.2, 0.25) is 5.91 Å². The molecule has 0 radical (unpaired) electrons. The summed E-state index contributed by atoms with van der Waals surface area (Å²) in [7, 11) is 0. The fourth-order valence-corrected chi connectivity index (χ4v) is 0.641. The van der Waals surface area contributed by atoms with Crippen molar-refractivity contribution in [1.82, 2.24) is 5.32 Å². The number of amides is 1. The first-order valence-corrected chi connectivity index (χ1v) is 3.45. The summed E-state index contributed by atoms with van der Waals surface area (Å²) in [4.78, 5) is 21.1. The van der Waals surface area contributed by atoms with Gasteiger partial charge in [0, 0.05) is 0 Å². The van der Waals surface area contributed by atoms with E-state index in [0.717, 1.165) is 0 Å². The van der Waals surface area contributed by atoms with Gasteiger partial charge in [0.25, 0.3) is 0 Å². The molecule has 0 rings (SSSR count). The predicted molar refractivity (Wildman–Crippen MR) is 43.4 cm³/mol. The van der Waals surface area contributed by atoms with E-state index in [0.29, 0.717) is 0 Å². The van der Waals surface area contributed by atoms with E-state index in [1.54, 1.807) is 0 Å². The number of carbonyl (C=O) groups excluding carboxylic acids is 1. The molecular formula is C7H12N2O3. The van der Waals surface area contributed by atoms with Crippen LogP contribution >= 0.6 is 0 Å². The molecule has 0 bridgehead atoms. The van der Waals surface area contributed by atoms with E-state index in [2.05, 4.69) is 11.9 Å². The summed E-state index contributed by atoms with van der Waals surface area (Å²) in [6.07, 6.45) is 1.62. The molecule has 0 aromatic carbocycles. The van der Waals surface area contributed by atoms with Gasteiger partial charge >= 0.3 is 5.97 Å². The molecule has 0 spiro atoms. The van der Waals surface area contributed by atoms with Crippen molar-refractivity contribution in [3.63, 3.8) is 0 Å². The molecule has 68 valence electrons. The fraction of sp³-hybridized carbons (Fsp3) is 0.429. The third kappa shape index (κ3) is 3.72. The molecular weight excluding hydrogens is 160 g/mol. The van der Waals surface area contributed by atoms with E-state index in [1.807, 2.05) is 0 Å². The van der Waals surface area contributed by atoms with Gasteiger partial charge in [-0.25, -0.2) is 4.79 Å². The Kier molecular flexibility index (Phi) is 4.71. The topological polar surface area (TPSA) is 92.4 Å². The summed E-state index contributed by atoms with van der Waals surface area (Å²) >= 11 is 0. The largest absolute Gasteiger partial charge is 0.480 e. The lowest BCUT2D eigenvalue weighted by atomic mass is 10.2. The second-order valence-corrected chi connectivity index (χ2v) is 2.19. The van der Waals surface area contributed by atoms with Gasteiger partial charge in [-0.2, -0.15) is 0 Å². The standard InChI is InChI=1S/C7H12N2O3/c1-2-3-5(7(11)12)9-6(10)4-8/h2,5H,1,3-4,8H2,(H,9,10)(H,11,12). The third-order valence-electron chi connectivity index (χ3n) is 1.22. The van der Waals surface area contributed by atoms with Crippen molar-refractivity contribution in [2.75, 3.05) is 6.54 Å². The number of hydrogen-bond acceptors (Lipinski definition) is 3. The summed E-state index contributed by atoms with van der Waals surface area (Å²) in [5, 5.41) is 10.8. The van der Waals surface area contributed by atoms with Gasteiger partial charge in [0.15, 0.2) is 0 Å². The fourth-order valence-electron chi connectivity index (χ4n) is 0.641. The maximum Gasteiger partial charge on any atom is 0.326 e. The van der Waals surface area contributed by atoms with E-state index in [9.17, 15) is 9.59 Å². The maximum atomic E-state index is 10.7. The number of carbonyl (C=O) groups is 2. The lowest BCUT2D eigenvalue weighted by Gasteiger charge is -2.10. The molecule has 0 heterocycles. The second kappa shape index (κ2) is 5.31. The van der Waals surface area contributed by atoms with Crippen molar-refractivity contribution in [3.05, 3.63) is 12.7 Å². The second-order valence-electron chi connectivity index (χ2n) is 2.19. The molecule has 12 heavy (non-hydrogen) atoms. The average Bonchev–Trinajstić information content (AvgIpc) is 2.03. The minimum absolute atomic E-state index is 0.196. The van der Waals surface area contributed by atoms with Crippen LogP contribution in [-0.2, 0) is 9.59 Å². The zero-order valence-electron chi connectivity index (χ0n) is 6.62. The Morgan fingerprint density at radius 1 is 1.67 bits per heavy atom. The van der Waals surface area contributed by atoms with Crippen molar-refractivity contribution in [2.45, 2.75) is 12.5 Å². The number of carboxylic acid groups (broad SMARTS) is 1. The van der Waals surface area contributed by atoms with Crippen molar-refractivity contribution >= 4 is 11.9 Å². The molecule has 1 atom stereocenters. The molecule has 0 saturated carbocycles. The molecule has 0 saturated heterocycles. The van der Waals surface area contributed by atoms with Crippen LogP contribution in [-0.4, -0.2) is 29.6 Å². The third-order valence-corrected chi connectivity index (χ3v) is 1.22. The van der Waals surface area contributed by atoms with Crippen LogP contribution in [0.15, 0.2) is 12.7 Å². The highest BCUT2D eigenvalue weighted by Crippen LogP contribution is 1.92. The first-order chi connectivity index (χ1) is 5.61. The molecule has 0 aromatic heterocycles. The van der Waals surface area contributed by atoms with E-state index < -0.39 is 17.9 Å². The van der Waals surface area contributed by atoms with E-state index in [-0.39, 0.29) is 13.0 Å². The Labute approximate surface area is 70.2 Å². The van der Waals surface area contributed by atoms with Gasteiger partial charge in [-0.1, -0.05) is 6.08 Å². The lowest BCUT2D eigenvalue weighted by Crippen LogP contribution is -2.43. The number of carboxylic acids is 1. The Morgan fingerprint density at radius 2 is 2.25 bits per heavy atom. The molecule has 5 heteroatoms. The van der Waals surface area contributed by atoms with Crippen molar-refractivity contribution in [2.24, 2.45) is 5.73 Å². The van der Waals surface area contributed by atoms with Crippen LogP contribution in [0.4, 0.5) is 0 Å². The van der Waals surface area contributed by atoms with Gasteiger partial charge < -0.3 is 16.2 Å². The minimum atomic E-state index is -1.09. The highest BCUT2D eigenvalue weighted by molar-refractivity contribution is 5.84. The van der Waals surface area contributed by atoms with Gasteiger partial charge in [0.05, 0.1) is 6.54 Å². The van der Waals surface area contributed by atoms with Crippen LogP contribution in [0.25, 0.3) is 0 Å². The predicted octanol–water partition coefficient (Wildman–Crippen LogP) is -0.909. The van der Waals surface area contributed by atoms with Crippen LogP contribution in [0, 0.1) is 0 Å². The average molecular weight is 172 g/mol. The van der Waals surface area contributed by atoms with Crippen LogP contribution in [0.1, 0.15) is 6.42 Å². The number of nitrogens with one attached hydrogen (secondary N) is 1. The number of nitrogens with two attached hydrogens (primary N) is 1. The summed E-state index contributed by atoms with van der Waals surface area (Å²) < 4.78 is 0. The monoisotopic (exact) mass is 172 g/mol. The molecule has 0 aliphatic rings. The first kappa shape index (κ1) is 10.6. The van der Waals surface area contributed by atoms with Crippen LogP contribution < -0.4 is 11.1 Å². The number of aliphatic carboxylic acids is 1. The van der Waals surface area contributed by atoms with Crippen LogP contribution in [0.2, 0.25) is 0 Å². The summed E-state index contributed by atoms with van der Waals surface area (Å²) in [6, 6.07) is -0.918. The molecule has 1 unspecified atom stereocenters. The normalized spacial score (nSPS) is 11.8. The zero-order chi connectivity index (χ0) is 9.56. The number of rotatable bonds is 5. The quantitative estimate of drug-likeness (QED) is 0.468. The van der Waals surface area contributed by atoms with Gasteiger partial charge in [0.1, 0.15) is 6.04 Å². The van der Waals surface area contributed by atoms with Gasteiger partial charge in [-0.05, 0) is 6.42 Å². The summed E-state index contributed by atoms with van der Waals surface area (Å²) in [6.45, 7) is 3.16. The van der Waals surface area contributed by atoms with E-state index in [4.69, 9.17) is 10.8 Å².